The van der Waals surface area contributed by atoms with Crippen molar-refractivity contribution in [2.75, 3.05) is 18.0 Å². The van der Waals surface area contributed by atoms with Gasteiger partial charge in [-0.1, -0.05) is 55.5 Å². The maximum atomic E-state index is 15.1. The van der Waals surface area contributed by atoms with E-state index >= 15 is 4.39 Å². The van der Waals surface area contributed by atoms with E-state index in [0.717, 1.165) is 6.42 Å². The molecule has 4 aromatic rings. The molecule has 1 aliphatic heterocycles. The van der Waals surface area contributed by atoms with Crippen molar-refractivity contribution < 1.29 is 23.5 Å². The van der Waals surface area contributed by atoms with Gasteiger partial charge < -0.3 is 10.1 Å². The number of anilines is 1. The molecule has 9 nitrogen and oxygen atoms in total. The van der Waals surface area contributed by atoms with Crippen molar-refractivity contribution in [2.45, 2.75) is 39.2 Å². The van der Waals surface area contributed by atoms with Crippen LogP contribution in [0, 0.1) is 11.7 Å². The number of halogens is 1. The standard InChI is InChI=1S/C30H30FN5O4/c1-19(2)15-20-7-9-21(10-8-20)28(37)13-14-29(38)32-17-23-18-35(30(39)40-23)22-11-12-26(24(31)16-22)36-27-6-4-3-5-25(27)33-34-36/h3-12,16,19,23H,13-15,17-18H2,1-2H3,(H,32,38)/t23-/m0/s1. The number of ketones is 1. The van der Waals surface area contributed by atoms with Crippen LogP contribution in [0.1, 0.15) is 42.6 Å². The van der Waals surface area contributed by atoms with Gasteiger partial charge in [0.1, 0.15) is 17.3 Å². The van der Waals surface area contributed by atoms with Crippen LogP contribution in [0.25, 0.3) is 16.7 Å². The second-order valence-electron chi connectivity index (χ2n) is 10.3. The molecular formula is C30H30FN5O4. The number of nitrogens with zero attached hydrogens (tertiary/aromatic N) is 4. The van der Waals surface area contributed by atoms with E-state index in [0.29, 0.717) is 28.2 Å². The average Bonchev–Trinajstić information content (AvgIpc) is 3.54. The normalized spacial score (nSPS) is 15.1. The largest absolute Gasteiger partial charge is 0.442 e. The number of aromatic nitrogens is 3. The number of cyclic esters (lactones) is 1. The van der Waals surface area contributed by atoms with Crippen molar-refractivity contribution in [3.63, 3.8) is 0 Å². The Morgan fingerprint density at radius 1 is 1.07 bits per heavy atom. The van der Waals surface area contributed by atoms with Crippen LogP contribution in [-0.2, 0) is 16.0 Å². The number of hydrogen-bond acceptors (Lipinski definition) is 6. The molecule has 2 amide bonds. The third-order valence-corrected chi connectivity index (χ3v) is 6.72. The van der Waals surface area contributed by atoms with E-state index in [-0.39, 0.29) is 43.3 Å². The Hall–Kier alpha value is -4.60. The molecule has 1 atom stereocenters. The number of ether oxygens (including phenoxy) is 1. The third-order valence-electron chi connectivity index (χ3n) is 6.72. The number of rotatable bonds is 10. The Kier molecular flexibility index (Phi) is 7.86. The smallest absolute Gasteiger partial charge is 0.414 e. The van der Waals surface area contributed by atoms with Gasteiger partial charge in [-0.15, -0.1) is 5.10 Å². The molecule has 40 heavy (non-hydrogen) atoms. The van der Waals surface area contributed by atoms with E-state index in [1.165, 1.54) is 27.3 Å². The molecule has 0 saturated carbocycles. The Labute approximate surface area is 230 Å². The number of carbonyl (C=O) groups is 3. The lowest BCUT2D eigenvalue weighted by molar-refractivity contribution is -0.121. The molecule has 1 saturated heterocycles. The van der Waals surface area contributed by atoms with E-state index < -0.39 is 18.0 Å². The van der Waals surface area contributed by atoms with Crippen molar-refractivity contribution >= 4 is 34.5 Å². The topological polar surface area (TPSA) is 106 Å². The molecule has 1 N–H and O–H groups in total. The highest BCUT2D eigenvalue weighted by atomic mass is 19.1. The highest BCUT2D eigenvalue weighted by molar-refractivity contribution is 5.98. The summed E-state index contributed by atoms with van der Waals surface area (Å²) < 4.78 is 21.8. The summed E-state index contributed by atoms with van der Waals surface area (Å²) in [5, 5.41) is 10.8. The summed E-state index contributed by atoms with van der Waals surface area (Å²) in [7, 11) is 0. The fourth-order valence-corrected chi connectivity index (χ4v) is 4.71. The van der Waals surface area contributed by atoms with Gasteiger partial charge in [0.05, 0.1) is 24.3 Å². The number of nitrogens with one attached hydrogen (secondary N) is 1. The second-order valence-corrected chi connectivity index (χ2v) is 10.3. The molecule has 2 heterocycles. The minimum absolute atomic E-state index is 0.0284. The molecule has 10 heteroatoms. The van der Waals surface area contributed by atoms with Crippen molar-refractivity contribution in [3.05, 3.63) is 83.7 Å². The molecule has 1 fully saturated rings. The monoisotopic (exact) mass is 543 g/mol. The van der Waals surface area contributed by atoms with Crippen LogP contribution < -0.4 is 10.2 Å². The summed E-state index contributed by atoms with van der Waals surface area (Å²) in [5.74, 6) is -0.453. The van der Waals surface area contributed by atoms with Gasteiger partial charge in [0, 0.05) is 18.4 Å². The van der Waals surface area contributed by atoms with E-state index in [9.17, 15) is 14.4 Å². The number of hydrogen-bond donors (Lipinski definition) is 1. The van der Waals surface area contributed by atoms with Crippen LogP contribution in [0.3, 0.4) is 0 Å². The highest BCUT2D eigenvalue weighted by Crippen LogP contribution is 2.26. The average molecular weight is 544 g/mol. The molecule has 5 rings (SSSR count). The second kappa shape index (κ2) is 11.6. The zero-order chi connectivity index (χ0) is 28.2. The molecule has 1 aliphatic rings. The molecule has 0 radical (unpaired) electrons. The van der Waals surface area contributed by atoms with Crippen molar-refractivity contribution in [1.82, 2.24) is 20.3 Å². The van der Waals surface area contributed by atoms with Gasteiger partial charge in [-0.3, -0.25) is 14.5 Å². The molecule has 0 spiro atoms. The summed E-state index contributed by atoms with van der Waals surface area (Å²) in [6, 6.07) is 19.1. The Morgan fingerprint density at radius 3 is 2.60 bits per heavy atom. The summed E-state index contributed by atoms with van der Waals surface area (Å²) in [4.78, 5) is 38.6. The Balaban J connectivity index is 1.12. The van der Waals surface area contributed by atoms with Crippen LogP contribution in [0.5, 0.6) is 0 Å². The Bertz CT molecular complexity index is 1550. The van der Waals surface area contributed by atoms with Gasteiger partial charge in [0.15, 0.2) is 11.6 Å². The first-order valence-electron chi connectivity index (χ1n) is 13.3. The molecule has 3 aromatic carbocycles. The number of fused-ring (bicyclic) bond motifs is 1. The number of amides is 2. The van der Waals surface area contributed by atoms with Gasteiger partial charge in [-0.25, -0.2) is 13.9 Å². The summed E-state index contributed by atoms with van der Waals surface area (Å²) in [6.45, 7) is 4.51. The first-order chi connectivity index (χ1) is 19.3. The van der Waals surface area contributed by atoms with E-state index in [1.807, 2.05) is 24.3 Å². The third kappa shape index (κ3) is 6.01. The first kappa shape index (κ1) is 27.0. The summed E-state index contributed by atoms with van der Waals surface area (Å²) in [6.07, 6.45) is -0.184. The van der Waals surface area contributed by atoms with E-state index in [4.69, 9.17) is 4.74 Å². The fraction of sp³-hybridized carbons (Fsp3) is 0.300. The molecule has 1 aromatic heterocycles. The SMILES string of the molecule is CC(C)Cc1ccc(C(=O)CCC(=O)NC[C@H]2CN(c3ccc(-n4nnc5ccccc54)c(F)c3)C(=O)O2)cc1. The van der Waals surface area contributed by atoms with Crippen LogP contribution in [0.4, 0.5) is 14.9 Å². The number of para-hydroxylation sites is 1. The van der Waals surface area contributed by atoms with Crippen LogP contribution in [0.15, 0.2) is 66.7 Å². The predicted molar refractivity (Wildman–Crippen MR) is 148 cm³/mol. The number of benzene rings is 3. The fourth-order valence-electron chi connectivity index (χ4n) is 4.71. The lowest BCUT2D eigenvalue weighted by Gasteiger charge is -2.14. The first-order valence-corrected chi connectivity index (χ1v) is 13.3. The summed E-state index contributed by atoms with van der Waals surface area (Å²) in [5.41, 5.74) is 3.58. The molecule has 0 bridgehead atoms. The summed E-state index contributed by atoms with van der Waals surface area (Å²) >= 11 is 0. The minimum atomic E-state index is -0.631. The van der Waals surface area contributed by atoms with Gasteiger partial charge in [-0.05, 0) is 48.2 Å². The number of carbonyl (C=O) groups excluding carboxylic acids is 3. The molecule has 206 valence electrons. The van der Waals surface area contributed by atoms with Crippen molar-refractivity contribution in [3.8, 4) is 5.69 Å². The Morgan fingerprint density at radius 2 is 1.85 bits per heavy atom. The highest BCUT2D eigenvalue weighted by Gasteiger charge is 2.33. The van der Waals surface area contributed by atoms with Gasteiger partial charge >= 0.3 is 6.09 Å². The van der Waals surface area contributed by atoms with Crippen LogP contribution in [0.2, 0.25) is 0 Å². The quantitative estimate of drug-likeness (QED) is 0.286. The lowest BCUT2D eigenvalue weighted by atomic mass is 9.99. The van der Waals surface area contributed by atoms with Gasteiger partial charge in [-0.2, -0.15) is 0 Å². The lowest BCUT2D eigenvalue weighted by Crippen LogP contribution is -2.34. The van der Waals surface area contributed by atoms with E-state index in [1.54, 1.807) is 30.3 Å². The molecular weight excluding hydrogens is 513 g/mol. The molecule has 0 unspecified atom stereocenters. The van der Waals surface area contributed by atoms with Gasteiger partial charge in [0.25, 0.3) is 0 Å². The zero-order valence-corrected chi connectivity index (χ0v) is 22.3. The van der Waals surface area contributed by atoms with Crippen LogP contribution in [-0.4, -0.2) is 52.0 Å². The van der Waals surface area contributed by atoms with Crippen LogP contribution >= 0.6 is 0 Å². The predicted octanol–water partition coefficient (Wildman–Crippen LogP) is 4.86. The number of Topliss-reactive ketones (excluding diaryl/α,β-unsaturated/α-hetero) is 1. The maximum Gasteiger partial charge on any atom is 0.414 e. The zero-order valence-electron chi connectivity index (χ0n) is 22.3. The minimum Gasteiger partial charge on any atom is -0.442 e. The van der Waals surface area contributed by atoms with Gasteiger partial charge in [0.2, 0.25) is 5.91 Å². The maximum absolute atomic E-state index is 15.1. The van der Waals surface area contributed by atoms with Crippen molar-refractivity contribution in [2.24, 2.45) is 5.92 Å². The van der Waals surface area contributed by atoms with Crippen molar-refractivity contribution in [1.29, 1.82) is 0 Å². The molecule has 0 aliphatic carbocycles. The van der Waals surface area contributed by atoms with E-state index in [2.05, 4.69) is 29.5 Å².